The van der Waals surface area contributed by atoms with E-state index in [9.17, 15) is 8.42 Å². The van der Waals surface area contributed by atoms with Crippen LogP contribution in [0.4, 0.5) is 5.69 Å². The summed E-state index contributed by atoms with van der Waals surface area (Å²) in [5, 5.41) is 0.568. The zero-order chi connectivity index (χ0) is 13.2. The van der Waals surface area contributed by atoms with Crippen molar-refractivity contribution < 1.29 is 8.42 Å². The Labute approximate surface area is 112 Å². The van der Waals surface area contributed by atoms with Gasteiger partial charge in [-0.2, -0.15) is 11.8 Å². The maximum absolute atomic E-state index is 12.2. The molecule has 0 aliphatic heterocycles. The largest absolute Gasteiger partial charge is 0.399 e. The molecule has 3 N–H and O–H groups in total. The minimum absolute atomic E-state index is 0.0499. The van der Waals surface area contributed by atoms with Crippen molar-refractivity contribution in [2.24, 2.45) is 0 Å². The molecule has 1 saturated carbocycles. The molecule has 0 saturated heterocycles. The van der Waals surface area contributed by atoms with Crippen molar-refractivity contribution in [2.45, 2.75) is 35.4 Å². The van der Waals surface area contributed by atoms with Gasteiger partial charge in [0.1, 0.15) is 0 Å². The first-order valence-corrected chi connectivity index (χ1v) is 8.69. The average Bonchev–Trinajstić information content (AvgIpc) is 2.76. The number of nitrogen functional groups attached to an aromatic ring is 1. The summed E-state index contributed by atoms with van der Waals surface area (Å²) in [6.45, 7) is 0. The van der Waals surface area contributed by atoms with Gasteiger partial charge in [0.25, 0.3) is 0 Å². The summed E-state index contributed by atoms with van der Waals surface area (Å²) >= 11 is 1.81. The number of rotatable bonds is 4. The molecule has 2 atom stereocenters. The lowest BCUT2D eigenvalue weighted by atomic mass is 10.3. The second-order valence-electron chi connectivity index (χ2n) is 4.56. The lowest BCUT2D eigenvalue weighted by Crippen LogP contribution is -2.33. The van der Waals surface area contributed by atoms with Gasteiger partial charge < -0.3 is 5.73 Å². The summed E-state index contributed by atoms with van der Waals surface area (Å²) in [6, 6.07) is 6.44. The first-order valence-electron chi connectivity index (χ1n) is 5.92. The van der Waals surface area contributed by atoms with Crippen LogP contribution in [0.2, 0.25) is 0 Å². The van der Waals surface area contributed by atoms with Gasteiger partial charge in [0.2, 0.25) is 10.0 Å². The molecule has 1 aromatic rings. The molecule has 0 radical (unpaired) electrons. The van der Waals surface area contributed by atoms with Crippen LogP contribution in [0.3, 0.4) is 0 Å². The summed E-state index contributed by atoms with van der Waals surface area (Å²) in [7, 11) is -3.44. The minimum Gasteiger partial charge on any atom is -0.399 e. The van der Waals surface area contributed by atoms with Crippen molar-refractivity contribution in [2.75, 3.05) is 12.0 Å². The van der Waals surface area contributed by atoms with Crippen LogP contribution in [0.1, 0.15) is 19.3 Å². The Bertz CT molecular complexity index is 517. The Balaban J connectivity index is 2.09. The predicted octanol–water partition coefficient (Wildman–Crippen LogP) is 1.83. The Morgan fingerprint density at radius 3 is 2.78 bits per heavy atom. The number of anilines is 1. The van der Waals surface area contributed by atoms with E-state index in [1.54, 1.807) is 30.0 Å². The second-order valence-corrected chi connectivity index (χ2v) is 7.41. The molecule has 2 unspecified atom stereocenters. The average molecular weight is 286 g/mol. The van der Waals surface area contributed by atoms with Gasteiger partial charge in [0, 0.05) is 17.0 Å². The Morgan fingerprint density at radius 2 is 2.17 bits per heavy atom. The summed E-state index contributed by atoms with van der Waals surface area (Å²) < 4.78 is 27.1. The third kappa shape index (κ3) is 3.18. The molecule has 2 rings (SSSR count). The predicted molar refractivity (Wildman–Crippen MR) is 76.1 cm³/mol. The van der Waals surface area contributed by atoms with E-state index in [2.05, 4.69) is 11.0 Å². The lowest BCUT2D eigenvalue weighted by molar-refractivity contribution is 0.552. The first-order chi connectivity index (χ1) is 8.51. The van der Waals surface area contributed by atoms with Gasteiger partial charge in [0.05, 0.1) is 4.90 Å². The summed E-state index contributed by atoms with van der Waals surface area (Å²) in [6.07, 6.45) is 4.96. The quantitative estimate of drug-likeness (QED) is 0.828. The SMILES string of the molecule is CSC1CCC(NS(=O)(=O)c2cccc(N)c2)C1. The van der Waals surface area contributed by atoms with Gasteiger partial charge >= 0.3 is 0 Å². The summed E-state index contributed by atoms with van der Waals surface area (Å²) in [5.74, 6) is 0. The highest BCUT2D eigenvalue weighted by Crippen LogP contribution is 2.29. The molecule has 1 fully saturated rings. The fourth-order valence-corrected chi connectivity index (χ4v) is 4.36. The van der Waals surface area contributed by atoms with Crippen molar-refractivity contribution in [3.05, 3.63) is 24.3 Å². The van der Waals surface area contributed by atoms with E-state index in [0.717, 1.165) is 19.3 Å². The molecule has 0 spiro atoms. The zero-order valence-corrected chi connectivity index (χ0v) is 11.9. The van der Waals surface area contributed by atoms with Crippen LogP contribution in [-0.4, -0.2) is 26.0 Å². The molecule has 0 aromatic heterocycles. The minimum atomic E-state index is -3.44. The van der Waals surface area contributed by atoms with Gasteiger partial charge in [0.15, 0.2) is 0 Å². The van der Waals surface area contributed by atoms with Crippen molar-refractivity contribution in [1.29, 1.82) is 0 Å². The number of hydrogen-bond acceptors (Lipinski definition) is 4. The van der Waals surface area contributed by atoms with Gasteiger partial charge in [-0.15, -0.1) is 0 Å². The van der Waals surface area contributed by atoms with Crippen molar-refractivity contribution in [3.8, 4) is 0 Å². The lowest BCUT2D eigenvalue weighted by Gasteiger charge is -2.13. The normalized spacial score (nSPS) is 24.3. The van der Waals surface area contributed by atoms with E-state index in [-0.39, 0.29) is 10.9 Å². The molecule has 0 bridgehead atoms. The van der Waals surface area contributed by atoms with E-state index in [4.69, 9.17) is 5.73 Å². The number of nitrogens with two attached hydrogens (primary N) is 1. The molecule has 0 amide bonds. The maximum Gasteiger partial charge on any atom is 0.240 e. The fourth-order valence-electron chi connectivity index (χ4n) is 2.23. The van der Waals surface area contributed by atoms with E-state index >= 15 is 0 Å². The molecular weight excluding hydrogens is 268 g/mol. The van der Waals surface area contributed by atoms with Crippen LogP contribution in [-0.2, 0) is 10.0 Å². The summed E-state index contributed by atoms with van der Waals surface area (Å²) in [4.78, 5) is 0.245. The monoisotopic (exact) mass is 286 g/mol. The topological polar surface area (TPSA) is 72.2 Å². The third-order valence-corrected chi connectivity index (χ3v) is 5.82. The van der Waals surface area contributed by atoms with Crippen LogP contribution in [0.5, 0.6) is 0 Å². The highest BCUT2D eigenvalue weighted by atomic mass is 32.2. The Hall–Kier alpha value is -0.720. The molecule has 1 aliphatic rings. The van der Waals surface area contributed by atoms with Crippen molar-refractivity contribution >= 4 is 27.5 Å². The van der Waals surface area contributed by atoms with Gasteiger partial charge in [-0.05, 0) is 43.7 Å². The van der Waals surface area contributed by atoms with Crippen LogP contribution in [0.15, 0.2) is 29.2 Å². The molecule has 6 heteroatoms. The van der Waals surface area contributed by atoms with E-state index in [1.807, 2.05) is 0 Å². The zero-order valence-electron chi connectivity index (χ0n) is 10.3. The number of hydrogen-bond donors (Lipinski definition) is 2. The van der Waals surface area contributed by atoms with Crippen LogP contribution in [0, 0.1) is 0 Å². The molecule has 18 heavy (non-hydrogen) atoms. The molecule has 1 aliphatic carbocycles. The van der Waals surface area contributed by atoms with E-state index < -0.39 is 10.0 Å². The van der Waals surface area contributed by atoms with Crippen LogP contribution in [0.25, 0.3) is 0 Å². The first kappa shape index (κ1) is 13.7. The molecule has 1 aromatic carbocycles. The molecule has 0 heterocycles. The van der Waals surface area contributed by atoms with Crippen molar-refractivity contribution in [3.63, 3.8) is 0 Å². The Kier molecular flexibility index (Phi) is 4.19. The standard InChI is InChI=1S/C12H18N2O2S2/c1-17-11-6-5-10(8-11)14-18(15,16)12-4-2-3-9(13)7-12/h2-4,7,10-11,14H,5-6,8,13H2,1H3. The molecule has 4 nitrogen and oxygen atoms in total. The van der Waals surface area contributed by atoms with Gasteiger partial charge in [-0.1, -0.05) is 6.07 Å². The Morgan fingerprint density at radius 1 is 1.39 bits per heavy atom. The van der Waals surface area contributed by atoms with Crippen molar-refractivity contribution in [1.82, 2.24) is 4.72 Å². The maximum atomic E-state index is 12.2. The van der Waals surface area contributed by atoms with Gasteiger partial charge in [-0.3, -0.25) is 0 Å². The second kappa shape index (κ2) is 5.50. The number of benzene rings is 1. The van der Waals surface area contributed by atoms with Gasteiger partial charge in [-0.25, -0.2) is 13.1 Å². The molecular formula is C12H18N2O2S2. The number of thioether (sulfide) groups is 1. The third-order valence-electron chi connectivity index (χ3n) is 3.21. The smallest absolute Gasteiger partial charge is 0.240 e. The fraction of sp³-hybridized carbons (Fsp3) is 0.500. The number of nitrogens with one attached hydrogen (secondary N) is 1. The van der Waals surface area contributed by atoms with E-state index in [1.165, 1.54) is 6.07 Å². The molecule has 100 valence electrons. The summed E-state index contributed by atoms with van der Waals surface area (Å²) in [5.41, 5.74) is 6.08. The van der Waals surface area contributed by atoms with E-state index in [0.29, 0.717) is 10.9 Å². The van der Waals surface area contributed by atoms with Crippen LogP contribution >= 0.6 is 11.8 Å². The number of sulfonamides is 1. The highest BCUT2D eigenvalue weighted by Gasteiger charge is 2.28. The highest BCUT2D eigenvalue weighted by molar-refractivity contribution is 7.99. The van der Waals surface area contributed by atoms with Crippen LogP contribution < -0.4 is 10.5 Å².